The SMILES string of the molecule is Cc1ccn2c(CC(N)=S)c(C(C)C)nc2c1. The zero-order valence-electron chi connectivity index (χ0n) is 10.4. The second kappa shape index (κ2) is 4.45. The van der Waals surface area contributed by atoms with Crippen LogP contribution in [-0.2, 0) is 6.42 Å². The van der Waals surface area contributed by atoms with E-state index in [-0.39, 0.29) is 0 Å². The number of nitrogens with two attached hydrogens (primary N) is 1. The van der Waals surface area contributed by atoms with E-state index in [2.05, 4.69) is 42.3 Å². The van der Waals surface area contributed by atoms with Crippen molar-refractivity contribution >= 4 is 22.9 Å². The number of thiocarbonyl (C=S) groups is 1. The first kappa shape index (κ1) is 12.0. The largest absolute Gasteiger partial charge is 0.393 e. The zero-order valence-corrected chi connectivity index (χ0v) is 11.2. The molecule has 17 heavy (non-hydrogen) atoms. The summed E-state index contributed by atoms with van der Waals surface area (Å²) in [4.78, 5) is 5.18. The Labute approximate surface area is 107 Å². The lowest BCUT2D eigenvalue weighted by molar-refractivity contribution is 0.816. The van der Waals surface area contributed by atoms with E-state index in [1.54, 1.807) is 0 Å². The standard InChI is InChI=1S/C13H17N3S/c1-8(2)13-10(7-11(14)17)16-5-4-9(3)6-12(16)15-13/h4-6,8H,7H2,1-3H3,(H2,14,17). The molecule has 0 saturated carbocycles. The second-order valence-corrected chi connectivity index (χ2v) is 5.20. The van der Waals surface area contributed by atoms with E-state index in [0.717, 1.165) is 17.0 Å². The van der Waals surface area contributed by atoms with E-state index in [4.69, 9.17) is 18.0 Å². The maximum absolute atomic E-state index is 5.66. The molecule has 2 N–H and O–H groups in total. The predicted molar refractivity (Wildman–Crippen MR) is 74.5 cm³/mol. The van der Waals surface area contributed by atoms with Crippen LogP contribution in [0.25, 0.3) is 5.65 Å². The molecule has 0 aliphatic carbocycles. The van der Waals surface area contributed by atoms with Gasteiger partial charge in [0.25, 0.3) is 0 Å². The highest BCUT2D eigenvalue weighted by Gasteiger charge is 2.15. The van der Waals surface area contributed by atoms with Crippen LogP contribution in [0.2, 0.25) is 0 Å². The average molecular weight is 247 g/mol. The van der Waals surface area contributed by atoms with Crippen molar-refractivity contribution in [2.45, 2.75) is 33.1 Å². The third-order valence-corrected chi connectivity index (χ3v) is 2.94. The molecular weight excluding hydrogens is 230 g/mol. The fourth-order valence-electron chi connectivity index (χ4n) is 2.02. The Kier molecular flexibility index (Phi) is 3.15. The minimum Gasteiger partial charge on any atom is -0.393 e. The Hall–Kier alpha value is -1.42. The molecule has 0 saturated heterocycles. The van der Waals surface area contributed by atoms with Crippen LogP contribution < -0.4 is 5.73 Å². The minimum absolute atomic E-state index is 0.375. The van der Waals surface area contributed by atoms with Crippen molar-refractivity contribution < 1.29 is 0 Å². The highest BCUT2D eigenvalue weighted by atomic mass is 32.1. The molecule has 90 valence electrons. The van der Waals surface area contributed by atoms with Gasteiger partial charge >= 0.3 is 0 Å². The summed E-state index contributed by atoms with van der Waals surface area (Å²) in [6.45, 7) is 6.34. The lowest BCUT2D eigenvalue weighted by atomic mass is 10.1. The number of nitrogens with zero attached hydrogens (tertiary/aromatic N) is 2. The number of pyridine rings is 1. The Morgan fingerprint density at radius 2 is 2.24 bits per heavy atom. The maximum atomic E-state index is 5.66. The fourth-order valence-corrected chi connectivity index (χ4v) is 2.16. The average Bonchev–Trinajstić information content (AvgIpc) is 2.55. The molecule has 0 aromatic carbocycles. The second-order valence-electron chi connectivity index (χ2n) is 4.67. The number of hydrogen-bond donors (Lipinski definition) is 1. The van der Waals surface area contributed by atoms with Crippen molar-refractivity contribution in [3.05, 3.63) is 35.3 Å². The zero-order chi connectivity index (χ0) is 12.6. The molecule has 0 aliphatic rings. The molecule has 0 radical (unpaired) electrons. The Bertz CT molecular complexity index is 569. The van der Waals surface area contributed by atoms with Gasteiger partial charge in [0.1, 0.15) is 5.65 Å². The first-order chi connectivity index (χ1) is 7.99. The molecule has 3 nitrogen and oxygen atoms in total. The molecule has 0 amide bonds. The summed E-state index contributed by atoms with van der Waals surface area (Å²) in [5, 5.41) is 0. The highest BCUT2D eigenvalue weighted by molar-refractivity contribution is 7.80. The monoisotopic (exact) mass is 247 g/mol. The lowest BCUT2D eigenvalue weighted by Crippen LogP contribution is -2.14. The van der Waals surface area contributed by atoms with Gasteiger partial charge in [0.2, 0.25) is 0 Å². The molecule has 0 bridgehead atoms. The summed E-state index contributed by atoms with van der Waals surface area (Å²) in [5.41, 5.74) is 10.0. The smallest absolute Gasteiger partial charge is 0.137 e. The van der Waals surface area contributed by atoms with Gasteiger partial charge in [0.05, 0.1) is 16.4 Å². The third kappa shape index (κ3) is 2.31. The van der Waals surface area contributed by atoms with Gasteiger partial charge in [-0.1, -0.05) is 26.1 Å². The van der Waals surface area contributed by atoms with Crippen LogP contribution in [0, 0.1) is 6.92 Å². The van der Waals surface area contributed by atoms with Crippen molar-refractivity contribution in [3.8, 4) is 0 Å². The van der Waals surface area contributed by atoms with Crippen LogP contribution >= 0.6 is 12.2 Å². The van der Waals surface area contributed by atoms with Gasteiger partial charge in [-0.05, 0) is 30.5 Å². The predicted octanol–water partition coefficient (Wildman–Crippen LogP) is 2.59. The Morgan fingerprint density at radius 1 is 1.53 bits per heavy atom. The summed E-state index contributed by atoms with van der Waals surface area (Å²) < 4.78 is 2.08. The summed E-state index contributed by atoms with van der Waals surface area (Å²) in [6.07, 6.45) is 2.64. The number of aryl methyl sites for hydroxylation is 1. The van der Waals surface area contributed by atoms with Crippen LogP contribution in [0.1, 0.15) is 36.7 Å². The van der Waals surface area contributed by atoms with Gasteiger partial charge in [-0.2, -0.15) is 0 Å². The van der Waals surface area contributed by atoms with E-state index in [9.17, 15) is 0 Å². The molecule has 0 spiro atoms. The molecular formula is C13H17N3S. The van der Waals surface area contributed by atoms with Crippen LogP contribution in [0.4, 0.5) is 0 Å². The Balaban J connectivity index is 2.66. The fraction of sp³-hybridized carbons (Fsp3) is 0.385. The van der Waals surface area contributed by atoms with Crippen molar-refractivity contribution in [1.82, 2.24) is 9.38 Å². The van der Waals surface area contributed by atoms with Crippen LogP contribution in [0.5, 0.6) is 0 Å². The van der Waals surface area contributed by atoms with Gasteiger partial charge in [0, 0.05) is 12.6 Å². The highest BCUT2D eigenvalue weighted by Crippen LogP contribution is 2.21. The maximum Gasteiger partial charge on any atom is 0.137 e. The first-order valence-corrected chi connectivity index (χ1v) is 6.15. The lowest BCUT2D eigenvalue weighted by Gasteiger charge is -2.06. The van der Waals surface area contributed by atoms with Crippen molar-refractivity contribution in [1.29, 1.82) is 0 Å². The van der Waals surface area contributed by atoms with Gasteiger partial charge in [-0.15, -0.1) is 0 Å². The summed E-state index contributed by atoms with van der Waals surface area (Å²) >= 11 is 5.02. The minimum atomic E-state index is 0.375. The van der Waals surface area contributed by atoms with Crippen LogP contribution in [-0.4, -0.2) is 14.4 Å². The molecule has 2 aromatic heterocycles. The van der Waals surface area contributed by atoms with Gasteiger partial charge < -0.3 is 10.1 Å². The number of fused-ring (bicyclic) bond motifs is 1. The first-order valence-electron chi connectivity index (χ1n) is 5.75. The van der Waals surface area contributed by atoms with Crippen molar-refractivity contribution in [2.75, 3.05) is 0 Å². The van der Waals surface area contributed by atoms with E-state index in [0.29, 0.717) is 17.3 Å². The summed E-state index contributed by atoms with van der Waals surface area (Å²) in [5.74, 6) is 0.375. The number of aromatic nitrogens is 2. The van der Waals surface area contributed by atoms with Gasteiger partial charge in [-0.25, -0.2) is 4.98 Å². The van der Waals surface area contributed by atoms with E-state index in [1.807, 2.05) is 6.20 Å². The topological polar surface area (TPSA) is 43.3 Å². The van der Waals surface area contributed by atoms with Crippen molar-refractivity contribution in [2.24, 2.45) is 5.73 Å². The Morgan fingerprint density at radius 3 is 2.82 bits per heavy atom. The summed E-state index contributed by atoms with van der Waals surface area (Å²) in [7, 11) is 0. The molecule has 2 rings (SSSR count). The quantitative estimate of drug-likeness (QED) is 0.848. The summed E-state index contributed by atoms with van der Waals surface area (Å²) in [6, 6.07) is 4.15. The third-order valence-electron chi connectivity index (χ3n) is 2.80. The van der Waals surface area contributed by atoms with Gasteiger partial charge in [0.15, 0.2) is 0 Å². The van der Waals surface area contributed by atoms with Gasteiger partial charge in [-0.3, -0.25) is 0 Å². The van der Waals surface area contributed by atoms with Crippen LogP contribution in [0.15, 0.2) is 18.3 Å². The molecule has 0 fully saturated rings. The number of imidazole rings is 1. The van der Waals surface area contributed by atoms with E-state index >= 15 is 0 Å². The number of rotatable bonds is 3. The molecule has 2 heterocycles. The molecule has 4 heteroatoms. The molecule has 0 unspecified atom stereocenters. The normalized spacial score (nSPS) is 11.3. The molecule has 0 atom stereocenters. The molecule has 2 aromatic rings. The van der Waals surface area contributed by atoms with E-state index < -0.39 is 0 Å². The van der Waals surface area contributed by atoms with Crippen molar-refractivity contribution in [3.63, 3.8) is 0 Å². The molecule has 0 aliphatic heterocycles. The van der Waals surface area contributed by atoms with E-state index in [1.165, 1.54) is 5.56 Å². The number of hydrogen-bond acceptors (Lipinski definition) is 2. The van der Waals surface area contributed by atoms with Crippen LogP contribution in [0.3, 0.4) is 0 Å².